The Morgan fingerprint density at radius 1 is 0.958 bits per heavy atom. The van der Waals surface area contributed by atoms with Crippen LogP contribution in [0.4, 0.5) is 18.0 Å². The monoisotopic (exact) mass is 658 g/mol. The Morgan fingerprint density at radius 2 is 1.67 bits per heavy atom. The number of rotatable bonds is 8. The standard InChI is InChI=1S/C37H37F3N4O4/c1-37(2,3)48-36(47)44-21-25(23-9-6-5-7-10-23)19-32(44)35(46)43-31(17-22-15-26(38)20-27(39)16-22)33-28(11-8-14-42-33)24-12-13-30(40)29(18-24)34(45)41-4/h5-16,18,20,25,31-32H,17,19,21H2,1-4H3,(H,41,45)(H,43,46)/t25-,31-,32-/m0/s1. The van der Waals surface area contributed by atoms with Gasteiger partial charge in [-0.2, -0.15) is 0 Å². The molecule has 0 saturated carbocycles. The molecule has 3 atom stereocenters. The smallest absolute Gasteiger partial charge is 0.410 e. The first-order valence-electron chi connectivity index (χ1n) is 15.6. The Labute approximate surface area is 277 Å². The van der Waals surface area contributed by atoms with Crippen molar-refractivity contribution in [1.82, 2.24) is 20.5 Å². The van der Waals surface area contributed by atoms with Crippen molar-refractivity contribution >= 4 is 17.9 Å². The summed E-state index contributed by atoms with van der Waals surface area (Å²) < 4.78 is 48.9. The number of aromatic nitrogens is 1. The van der Waals surface area contributed by atoms with Crippen LogP contribution in [0.1, 0.15) is 66.3 Å². The van der Waals surface area contributed by atoms with E-state index in [9.17, 15) is 27.6 Å². The van der Waals surface area contributed by atoms with Crippen LogP contribution in [0.3, 0.4) is 0 Å². The van der Waals surface area contributed by atoms with E-state index in [-0.39, 0.29) is 30.0 Å². The molecule has 1 aliphatic rings. The topological polar surface area (TPSA) is 101 Å². The molecule has 3 amide bonds. The second kappa shape index (κ2) is 14.3. The predicted octanol–water partition coefficient (Wildman–Crippen LogP) is 6.72. The molecule has 0 spiro atoms. The van der Waals surface area contributed by atoms with Gasteiger partial charge in [0.15, 0.2) is 0 Å². The van der Waals surface area contributed by atoms with Gasteiger partial charge < -0.3 is 15.4 Å². The highest BCUT2D eigenvalue weighted by Gasteiger charge is 2.42. The lowest BCUT2D eigenvalue weighted by atomic mass is 9.93. The SMILES string of the molecule is CNC(=O)c1cc(-c2cccnc2[C@H](Cc2cc(F)cc(F)c2)NC(=O)[C@@H]2C[C@H](c3ccccc3)CN2C(=O)OC(C)(C)C)ccc1F. The lowest BCUT2D eigenvalue weighted by molar-refractivity contribution is -0.126. The molecule has 48 heavy (non-hydrogen) atoms. The van der Waals surface area contributed by atoms with Gasteiger partial charge in [0.25, 0.3) is 5.91 Å². The van der Waals surface area contributed by atoms with Gasteiger partial charge in [0.05, 0.1) is 17.3 Å². The van der Waals surface area contributed by atoms with Crippen LogP contribution in [0.15, 0.2) is 85.1 Å². The van der Waals surface area contributed by atoms with Crippen LogP contribution >= 0.6 is 0 Å². The zero-order chi connectivity index (χ0) is 34.6. The van der Waals surface area contributed by atoms with Crippen molar-refractivity contribution in [2.24, 2.45) is 0 Å². The van der Waals surface area contributed by atoms with Gasteiger partial charge >= 0.3 is 6.09 Å². The maximum atomic E-state index is 14.6. The molecular formula is C37H37F3N4O4. The van der Waals surface area contributed by atoms with Gasteiger partial charge in [-0.3, -0.25) is 19.5 Å². The largest absolute Gasteiger partial charge is 0.444 e. The Bertz CT molecular complexity index is 1790. The fourth-order valence-corrected chi connectivity index (χ4v) is 5.96. The molecule has 11 heteroatoms. The molecule has 2 heterocycles. The van der Waals surface area contributed by atoms with Crippen molar-refractivity contribution in [2.75, 3.05) is 13.6 Å². The summed E-state index contributed by atoms with van der Waals surface area (Å²) in [5.41, 5.74) is 1.42. The quantitative estimate of drug-likeness (QED) is 0.219. The number of nitrogens with zero attached hydrogens (tertiary/aromatic N) is 2. The third kappa shape index (κ3) is 8.02. The molecule has 0 radical (unpaired) electrons. The van der Waals surface area contributed by atoms with Crippen LogP contribution in [0, 0.1) is 17.5 Å². The van der Waals surface area contributed by atoms with Gasteiger partial charge in [-0.05, 0) is 80.6 Å². The minimum atomic E-state index is -0.959. The highest BCUT2D eigenvalue weighted by molar-refractivity contribution is 5.95. The van der Waals surface area contributed by atoms with E-state index in [0.29, 0.717) is 23.2 Å². The number of amides is 3. The van der Waals surface area contributed by atoms with E-state index in [0.717, 1.165) is 17.7 Å². The number of halogens is 3. The summed E-state index contributed by atoms with van der Waals surface area (Å²) in [6.45, 7) is 5.47. The zero-order valence-corrected chi connectivity index (χ0v) is 27.1. The summed E-state index contributed by atoms with van der Waals surface area (Å²) in [5, 5.41) is 5.42. The number of hydrogen-bond acceptors (Lipinski definition) is 5. The molecule has 4 aromatic rings. The van der Waals surface area contributed by atoms with E-state index in [1.165, 1.54) is 42.4 Å². The molecule has 3 aromatic carbocycles. The van der Waals surface area contributed by atoms with Crippen LogP contribution in [-0.2, 0) is 16.0 Å². The van der Waals surface area contributed by atoms with Crippen molar-refractivity contribution in [1.29, 1.82) is 0 Å². The highest BCUT2D eigenvalue weighted by Crippen LogP contribution is 2.35. The summed E-state index contributed by atoms with van der Waals surface area (Å²) >= 11 is 0. The van der Waals surface area contributed by atoms with Crippen LogP contribution in [0.2, 0.25) is 0 Å². The maximum absolute atomic E-state index is 14.6. The summed E-state index contributed by atoms with van der Waals surface area (Å²) in [7, 11) is 1.39. The second-order valence-corrected chi connectivity index (χ2v) is 12.7. The molecule has 1 aromatic heterocycles. The van der Waals surface area contributed by atoms with Crippen LogP contribution in [0.5, 0.6) is 0 Å². The van der Waals surface area contributed by atoms with Crippen LogP contribution in [-0.4, -0.2) is 53.0 Å². The van der Waals surface area contributed by atoms with Crippen molar-refractivity contribution in [3.63, 3.8) is 0 Å². The Balaban J connectivity index is 1.55. The molecule has 2 N–H and O–H groups in total. The van der Waals surface area contributed by atoms with E-state index < -0.39 is 53.0 Å². The number of benzene rings is 3. The van der Waals surface area contributed by atoms with Crippen molar-refractivity contribution in [3.05, 3.63) is 125 Å². The fourth-order valence-electron chi connectivity index (χ4n) is 5.96. The maximum Gasteiger partial charge on any atom is 0.410 e. The van der Waals surface area contributed by atoms with Crippen molar-refractivity contribution < 1.29 is 32.3 Å². The van der Waals surface area contributed by atoms with Crippen molar-refractivity contribution in [2.45, 2.75) is 57.2 Å². The van der Waals surface area contributed by atoms with Gasteiger partial charge in [-0.25, -0.2) is 18.0 Å². The molecule has 1 saturated heterocycles. The molecule has 0 aliphatic carbocycles. The average Bonchev–Trinajstić information content (AvgIpc) is 3.50. The predicted molar refractivity (Wildman–Crippen MR) is 174 cm³/mol. The third-order valence-electron chi connectivity index (χ3n) is 8.10. The van der Waals surface area contributed by atoms with E-state index in [4.69, 9.17) is 4.74 Å². The Hall–Kier alpha value is -5.19. The molecular weight excluding hydrogens is 621 g/mol. The number of likely N-dealkylation sites (tertiary alicyclic amines) is 1. The summed E-state index contributed by atoms with van der Waals surface area (Å²) in [5.74, 6) is -3.59. The Morgan fingerprint density at radius 3 is 2.33 bits per heavy atom. The third-order valence-corrected chi connectivity index (χ3v) is 8.10. The molecule has 5 rings (SSSR count). The number of nitrogens with one attached hydrogen (secondary N) is 2. The molecule has 1 fully saturated rings. The summed E-state index contributed by atoms with van der Waals surface area (Å²) in [6, 6.07) is 18.1. The minimum absolute atomic E-state index is 0.0742. The molecule has 8 nitrogen and oxygen atoms in total. The average molecular weight is 659 g/mol. The first-order chi connectivity index (χ1) is 22.8. The number of ether oxygens (including phenoxy) is 1. The van der Waals surface area contributed by atoms with Gasteiger partial charge in [0.1, 0.15) is 29.1 Å². The Kier molecular flexibility index (Phi) is 10.2. The molecule has 1 aliphatic heterocycles. The number of carbonyl (C=O) groups is 3. The van der Waals surface area contributed by atoms with Crippen LogP contribution < -0.4 is 10.6 Å². The van der Waals surface area contributed by atoms with E-state index in [1.807, 2.05) is 30.3 Å². The zero-order valence-electron chi connectivity index (χ0n) is 27.1. The van der Waals surface area contributed by atoms with Gasteiger partial charge in [-0.1, -0.05) is 42.5 Å². The molecule has 250 valence electrons. The van der Waals surface area contributed by atoms with E-state index in [1.54, 1.807) is 32.9 Å². The second-order valence-electron chi connectivity index (χ2n) is 12.7. The number of carbonyl (C=O) groups excluding carboxylic acids is 3. The normalized spacial score (nSPS) is 16.7. The van der Waals surface area contributed by atoms with Gasteiger partial charge in [0, 0.05) is 37.3 Å². The lowest BCUT2D eigenvalue weighted by Gasteiger charge is -2.29. The highest BCUT2D eigenvalue weighted by atomic mass is 19.1. The lowest BCUT2D eigenvalue weighted by Crippen LogP contribution is -2.48. The van der Waals surface area contributed by atoms with Gasteiger partial charge in [0.2, 0.25) is 5.91 Å². The summed E-state index contributed by atoms with van der Waals surface area (Å²) in [4.78, 5) is 46.0. The van der Waals surface area contributed by atoms with E-state index in [2.05, 4.69) is 15.6 Å². The molecule has 0 unspecified atom stereocenters. The number of hydrogen-bond donors (Lipinski definition) is 2. The first kappa shape index (κ1) is 34.2. The minimum Gasteiger partial charge on any atom is -0.444 e. The fraction of sp³-hybridized carbons (Fsp3) is 0.297. The summed E-state index contributed by atoms with van der Waals surface area (Å²) in [6.07, 6.45) is 1.09. The first-order valence-corrected chi connectivity index (χ1v) is 15.6. The number of pyridine rings is 1. The van der Waals surface area contributed by atoms with Crippen molar-refractivity contribution in [3.8, 4) is 11.1 Å². The van der Waals surface area contributed by atoms with Crippen LogP contribution in [0.25, 0.3) is 11.1 Å². The van der Waals surface area contributed by atoms with E-state index >= 15 is 0 Å². The van der Waals surface area contributed by atoms with Gasteiger partial charge in [-0.15, -0.1) is 0 Å². The molecule has 0 bridgehead atoms.